The fourth-order valence-electron chi connectivity index (χ4n) is 9.05. The van der Waals surface area contributed by atoms with Crippen molar-refractivity contribution in [2.75, 3.05) is 0 Å². The van der Waals surface area contributed by atoms with Gasteiger partial charge in [0.2, 0.25) is 0 Å². The molecule has 0 saturated heterocycles. The first kappa shape index (κ1) is 42.6. The minimum absolute atomic E-state index is 0.532. The van der Waals surface area contributed by atoms with Crippen molar-refractivity contribution in [1.82, 2.24) is 0 Å². The second kappa shape index (κ2) is 19.2. The third kappa shape index (κ3) is 8.67. The Morgan fingerprint density at radius 2 is 0.638 bits per heavy atom. The van der Waals surface area contributed by atoms with Crippen molar-refractivity contribution in [3.8, 4) is 11.5 Å². The second-order valence-electron chi connectivity index (χ2n) is 15.0. The van der Waals surface area contributed by atoms with Gasteiger partial charge in [-0.3, -0.25) is 0 Å². The van der Waals surface area contributed by atoms with Crippen LogP contribution >= 0.6 is 0 Å². The van der Waals surface area contributed by atoms with E-state index in [9.17, 15) is 0 Å². The van der Waals surface area contributed by atoms with Gasteiger partial charge in [-0.05, 0) is 26.0 Å². The highest BCUT2D eigenvalue weighted by molar-refractivity contribution is 6.97. The molecule has 2 rings (SSSR count). The van der Waals surface area contributed by atoms with Gasteiger partial charge in [0.05, 0.1) is 43.8 Å². The van der Waals surface area contributed by atoms with Crippen LogP contribution < -0.4 is 28.3 Å². The lowest BCUT2D eigenvalue weighted by molar-refractivity contribution is 0.415. The van der Waals surface area contributed by atoms with Crippen molar-refractivity contribution in [1.29, 1.82) is 0 Å². The van der Waals surface area contributed by atoms with Crippen molar-refractivity contribution in [3.63, 3.8) is 0 Å². The Hall–Kier alpha value is -0.560. The van der Waals surface area contributed by atoms with E-state index >= 15 is 0 Å². The van der Waals surface area contributed by atoms with E-state index in [0.29, 0.717) is 5.92 Å². The minimum atomic E-state index is -2.19. The Kier molecular flexibility index (Phi) is 17.4. The standard InChI is InChI=1S/2C18H34OSi2.C4H9.Al/c2*1-7-20(8-2,9-3)16-14-13-15-17(18(16)19)21(10-4,11-5)12-6;1-4(2)3;/h2*13-15,19H,7-12H2,1-6H3;4H,1H2,2-3H3;/q;;;+2/p-2. The zero-order valence-electron chi connectivity index (χ0n) is 33.6. The van der Waals surface area contributed by atoms with Crippen molar-refractivity contribution in [2.45, 2.75) is 175 Å². The summed E-state index contributed by atoms with van der Waals surface area (Å²) >= 11 is -2.19. The van der Waals surface area contributed by atoms with Crippen LogP contribution in [0, 0.1) is 5.92 Å². The molecule has 0 spiro atoms. The Balaban J connectivity index is 3.04. The van der Waals surface area contributed by atoms with Crippen molar-refractivity contribution >= 4 is 67.9 Å². The predicted octanol–water partition coefficient (Wildman–Crippen LogP) is 11.2. The van der Waals surface area contributed by atoms with Crippen LogP contribution in [0.25, 0.3) is 0 Å². The molecule has 0 aliphatic heterocycles. The van der Waals surface area contributed by atoms with Crippen molar-refractivity contribution in [2.24, 2.45) is 5.92 Å². The lowest BCUT2D eigenvalue weighted by Crippen LogP contribution is -2.56. The average molecular weight is 727 g/mol. The SMILES string of the molecule is CC[Si](CC)(CC)c1cccc([Si](CC)(CC)CC)c1[O][Al]([CH2]C(C)C)[O]c1c([Si](CC)(CC)CC)cccc1[Si](CC)(CC)CC. The molecule has 0 saturated carbocycles. The first-order chi connectivity index (χ1) is 22.5. The third-order valence-electron chi connectivity index (χ3n) is 13.6. The fraction of sp³-hybridized carbons (Fsp3) is 0.700. The van der Waals surface area contributed by atoms with E-state index in [1.165, 1.54) is 84.0 Å². The van der Waals surface area contributed by atoms with E-state index in [2.05, 4.69) is 133 Å². The summed E-state index contributed by atoms with van der Waals surface area (Å²) in [7, 11) is -6.90. The van der Waals surface area contributed by atoms with Gasteiger partial charge in [-0.25, -0.2) is 0 Å². The summed E-state index contributed by atoms with van der Waals surface area (Å²) in [6.07, 6.45) is 0. The molecule has 0 unspecified atom stereocenters. The van der Waals surface area contributed by atoms with E-state index in [1.807, 2.05) is 0 Å². The van der Waals surface area contributed by atoms with Crippen LogP contribution in [-0.2, 0) is 0 Å². The fourth-order valence-corrected chi connectivity index (χ4v) is 26.9. The highest BCUT2D eigenvalue weighted by Crippen LogP contribution is 2.33. The summed E-state index contributed by atoms with van der Waals surface area (Å²) in [6, 6.07) is 30.1. The molecule has 0 amide bonds. The molecule has 2 aromatic carbocycles. The van der Waals surface area contributed by atoms with E-state index in [0.717, 1.165) is 5.28 Å². The van der Waals surface area contributed by atoms with Gasteiger partial charge in [-0.1, -0.05) is 212 Å². The van der Waals surface area contributed by atoms with E-state index in [-0.39, 0.29) is 0 Å². The van der Waals surface area contributed by atoms with E-state index in [1.54, 1.807) is 20.7 Å². The average Bonchev–Trinajstić information content (AvgIpc) is 3.10. The minimum Gasteiger partial charge on any atom is -0.612 e. The molecule has 0 fully saturated rings. The molecule has 266 valence electrons. The Morgan fingerprint density at radius 1 is 0.426 bits per heavy atom. The summed E-state index contributed by atoms with van der Waals surface area (Å²) in [4.78, 5) is 0. The summed E-state index contributed by atoms with van der Waals surface area (Å²) in [6.45, 7) is 34.2. The first-order valence-corrected chi connectivity index (χ1v) is 32.3. The molecule has 2 nitrogen and oxygen atoms in total. The molecule has 2 aromatic rings. The molecule has 0 aliphatic carbocycles. The highest BCUT2D eigenvalue weighted by Gasteiger charge is 2.45. The highest BCUT2D eigenvalue weighted by atomic mass is 28.3. The number of para-hydroxylation sites is 2. The Bertz CT molecular complexity index is 1020. The van der Waals surface area contributed by atoms with E-state index < -0.39 is 47.1 Å². The smallest absolute Gasteiger partial charge is 0.612 e. The monoisotopic (exact) mass is 726 g/mol. The van der Waals surface area contributed by atoms with Gasteiger partial charge >= 0.3 is 14.8 Å². The maximum Gasteiger partial charge on any atom is 0.857 e. The van der Waals surface area contributed by atoms with Gasteiger partial charge in [-0.15, -0.1) is 0 Å². The number of benzene rings is 2. The van der Waals surface area contributed by atoms with E-state index in [4.69, 9.17) is 7.58 Å². The Morgan fingerprint density at radius 3 is 0.809 bits per heavy atom. The van der Waals surface area contributed by atoms with Crippen LogP contribution in [0.1, 0.15) is 96.9 Å². The van der Waals surface area contributed by atoms with Gasteiger partial charge in [0, 0.05) is 0 Å². The molecule has 0 aromatic heterocycles. The second-order valence-corrected chi connectivity index (χ2v) is 37.7. The summed E-state index contributed by atoms with van der Waals surface area (Å²) in [5.74, 6) is 3.16. The van der Waals surface area contributed by atoms with Crippen LogP contribution in [0.15, 0.2) is 36.4 Å². The van der Waals surface area contributed by atoms with Gasteiger partial charge in [-0.2, -0.15) is 0 Å². The van der Waals surface area contributed by atoms with Crippen LogP contribution in [0.4, 0.5) is 0 Å². The van der Waals surface area contributed by atoms with Gasteiger partial charge in [0.15, 0.2) is 0 Å². The molecule has 0 atom stereocenters. The molecule has 0 radical (unpaired) electrons. The van der Waals surface area contributed by atoms with Crippen LogP contribution in [0.3, 0.4) is 0 Å². The molecule has 0 bridgehead atoms. The normalized spacial score (nSPS) is 12.9. The quantitative estimate of drug-likeness (QED) is 0.112. The van der Waals surface area contributed by atoms with Gasteiger partial charge in [0.25, 0.3) is 0 Å². The number of hydrogen-bond donors (Lipinski definition) is 0. The Labute approximate surface area is 302 Å². The van der Waals surface area contributed by atoms with Gasteiger partial charge in [0.1, 0.15) is 0 Å². The molecular weight excluding hydrogens is 652 g/mol. The van der Waals surface area contributed by atoms with Crippen LogP contribution in [0.5, 0.6) is 11.5 Å². The summed E-state index contributed by atoms with van der Waals surface area (Å²) in [5.41, 5.74) is 0. The molecule has 47 heavy (non-hydrogen) atoms. The third-order valence-corrected chi connectivity index (χ3v) is 38.3. The maximum atomic E-state index is 7.77. The van der Waals surface area contributed by atoms with Crippen LogP contribution in [0.2, 0.25) is 77.8 Å². The number of hydrogen-bond acceptors (Lipinski definition) is 2. The molecule has 0 aliphatic rings. The van der Waals surface area contributed by atoms with Crippen LogP contribution in [-0.4, -0.2) is 47.1 Å². The van der Waals surface area contributed by atoms with Crippen molar-refractivity contribution in [3.05, 3.63) is 36.4 Å². The summed E-state index contributed by atoms with van der Waals surface area (Å²) in [5, 5.41) is 7.45. The molecule has 7 heteroatoms. The lowest BCUT2D eigenvalue weighted by atomic mass is 10.3. The number of rotatable bonds is 22. The maximum absolute atomic E-state index is 7.77. The zero-order valence-corrected chi connectivity index (χ0v) is 38.8. The first-order valence-electron chi connectivity index (χ1n) is 20.1. The lowest BCUT2D eigenvalue weighted by Gasteiger charge is -2.39. The topological polar surface area (TPSA) is 18.5 Å². The molecule has 0 heterocycles. The molecular formula is C40H75AlO2Si4. The summed E-state index contributed by atoms with van der Waals surface area (Å²) < 4.78 is 15.5. The largest absolute Gasteiger partial charge is 0.857 e. The zero-order chi connectivity index (χ0) is 35.5. The van der Waals surface area contributed by atoms with Gasteiger partial charge < -0.3 is 7.58 Å². The van der Waals surface area contributed by atoms with Crippen molar-refractivity contribution < 1.29 is 7.58 Å². The molecule has 0 N–H and O–H groups in total. The predicted molar refractivity (Wildman–Crippen MR) is 227 cm³/mol.